The molecule has 0 aliphatic carbocycles. The van der Waals surface area contributed by atoms with Crippen molar-refractivity contribution in [2.45, 2.75) is 20.0 Å². The van der Waals surface area contributed by atoms with E-state index in [0.717, 1.165) is 18.2 Å². The molecule has 0 aliphatic rings. The van der Waals surface area contributed by atoms with E-state index in [2.05, 4.69) is 5.32 Å². The van der Waals surface area contributed by atoms with Gasteiger partial charge in [-0.05, 0) is 38.1 Å². The monoisotopic (exact) mass is 351 g/mol. The fraction of sp³-hybridized carbons (Fsp3) is 0.278. The van der Waals surface area contributed by atoms with Gasteiger partial charge in [-0.15, -0.1) is 0 Å². The van der Waals surface area contributed by atoms with Gasteiger partial charge in [-0.3, -0.25) is 0 Å². The van der Waals surface area contributed by atoms with E-state index < -0.39 is 17.7 Å². The maximum atomic E-state index is 13.1. The first-order chi connectivity index (χ1) is 12.0. The lowest BCUT2D eigenvalue weighted by Gasteiger charge is -2.15. The number of amides is 1. The molecule has 5 nitrogen and oxygen atoms in total. The second kappa shape index (κ2) is 8.86. The molecule has 134 valence electrons. The molecule has 1 amide bonds. The van der Waals surface area contributed by atoms with Crippen LogP contribution >= 0.6 is 0 Å². The van der Waals surface area contributed by atoms with Crippen LogP contribution in [0.25, 0.3) is 0 Å². The molecule has 0 fully saturated rings. The number of carbonyl (C=O) groups excluding carboxylic acids is 1. The lowest BCUT2D eigenvalue weighted by atomic mass is 10.3. The highest BCUT2D eigenvalue weighted by atomic mass is 19.1. The molecular weight excluding hydrogens is 332 g/mol. The van der Waals surface area contributed by atoms with Crippen molar-refractivity contribution < 1.29 is 27.8 Å². The Morgan fingerprint density at radius 1 is 1.04 bits per heavy atom. The van der Waals surface area contributed by atoms with Crippen molar-refractivity contribution in [3.05, 3.63) is 54.1 Å². The molecule has 1 atom stereocenters. The summed E-state index contributed by atoms with van der Waals surface area (Å²) in [6.07, 6.45) is -0.766. The third kappa shape index (κ3) is 6.29. The average molecular weight is 351 g/mol. The lowest BCUT2D eigenvalue weighted by molar-refractivity contribution is 0.143. The Morgan fingerprint density at radius 3 is 2.24 bits per heavy atom. The van der Waals surface area contributed by atoms with E-state index in [1.54, 1.807) is 38.1 Å². The van der Waals surface area contributed by atoms with Gasteiger partial charge in [-0.1, -0.05) is 0 Å². The molecule has 2 aromatic rings. The summed E-state index contributed by atoms with van der Waals surface area (Å²) < 4.78 is 42.1. The first-order valence-corrected chi connectivity index (χ1v) is 7.77. The van der Waals surface area contributed by atoms with Crippen molar-refractivity contribution in [3.8, 4) is 17.2 Å². The van der Waals surface area contributed by atoms with Gasteiger partial charge in [0.05, 0.1) is 13.2 Å². The van der Waals surface area contributed by atoms with Crippen LogP contribution in [0.2, 0.25) is 0 Å². The normalized spacial score (nSPS) is 11.5. The molecule has 0 saturated carbocycles. The summed E-state index contributed by atoms with van der Waals surface area (Å²) in [5.74, 6) is -0.375. The second-order valence-electron chi connectivity index (χ2n) is 5.21. The van der Waals surface area contributed by atoms with Crippen LogP contribution in [-0.4, -0.2) is 25.3 Å². The van der Waals surface area contributed by atoms with Crippen molar-refractivity contribution in [1.29, 1.82) is 0 Å². The van der Waals surface area contributed by atoms with Crippen LogP contribution in [0.5, 0.6) is 17.2 Å². The van der Waals surface area contributed by atoms with Gasteiger partial charge >= 0.3 is 6.09 Å². The molecule has 0 heterocycles. The third-order valence-electron chi connectivity index (χ3n) is 3.04. The zero-order valence-electron chi connectivity index (χ0n) is 13.9. The van der Waals surface area contributed by atoms with E-state index in [-0.39, 0.29) is 11.9 Å². The molecule has 0 radical (unpaired) electrons. The average Bonchev–Trinajstić information content (AvgIpc) is 2.54. The van der Waals surface area contributed by atoms with Gasteiger partial charge in [0, 0.05) is 18.2 Å². The number of alkyl carbamates (subject to hydrolysis) is 1. The molecule has 1 unspecified atom stereocenters. The summed E-state index contributed by atoms with van der Waals surface area (Å²) in [4.78, 5) is 11.2. The van der Waals surface area contributed by atoms with E-state index in [1.165, 1.54) is 0 Å². The maximum Gasteiger partial charge on any atom is 0.407 e. The standard InChI is InChI=1S/C18H19F2NO4/c1-3-23-18(22)21-11-12(2)24-15-4-6-16(7-5-15)25-17-9-13(19)8-14(20)10-17/h4-10,12H,3,11H2,1-2H3,(H,21,22). The Kier molecular flexibility index (Phi) is 6.56. The lowest BCUT2D eigenvalue weighted by Crippen LogP contribution is -2.33. The van der Waals surface area contributed by atoms with Crippen LogP contribution < -0.4 is 14.8 Å². The molecule has 2 aromatic carbocycles. The number of rotatable bonds is 7. The largest absolute Gasteiger partial charge is 0.489 e. The first kappa shape index (κ1) is 18.5. The van der Waals surface area contributed by atoms with E-state index in [9.17, 15) is 13.6 Å². The number of hydrogen-bond donors (Lipinski definition) is 1. The predicted molar refractivity (Wildman–Crippen MR) is 88.0 cm³/mol. The topological polar surface area (TPSA) is 56.8 Å². The summed E-state index contributed by atoms with van der Waals surface area (Å²) in [5, 5.41) is 2.58. The minimum Gasteiger partial charge on any atom is -0.489 e. The number of carbonyl (C=O) groups is 1. The zero-order valence-corrected chi connectivity index (χ0v) is 13.9. The number of hydrogen-bond acceptors (Lipinski definition) is 4. The minimum absolute atomic E-state index is 0.0678. The van der Waals surface area contributed by atoms with Crippen molar-refractivity contribution in [1.82, 2.24) is 5.32 Å². The minimum atomic E-state index is -0.710. The fourth-order valence-electron chi connectivity index (χ4n) is 1.99. The molecule has 0 spiro atoms. The zero-order chi connectivity index (χ0) is 18.2. The van der Waals surface area contributed by atoms with E-state index in [1.807, 2.05) is 0 Å². The highest BCUT2D eigenvalue weighted by Gasteiger charge is 2.08. The van der Waals surface area contributed by atoms with Crippen molar-refractivity contribution in [3.63, 3.8) is 0 Å². The Balaban J connectivity index is 1.87. The molecule has 0 saturated heterocycles. The van der Waals surface area contributed by atoms with Crippen LogP contribution in [0.15, 0.2) is 42.5 Å². The van der Waals surface area contributed by atoms with Gasteiger partial charge in [0.25, 0.3) is 0 Å². The number of benzene rings is 2. The van der Waals surface area contributed by atoms with Crippen LogP contribution in [-0.2, 0) is 4.74 Å². The van der Waals surface area contributed by atoms with Gasteiger partial charge < -0.3 is 19.5 Å². The number of nitrogens with one attached hydrogen (secondary N) is 1. The van der Waals surface area contributed by atoms with Gasteiger partial charge in [0.15, 0.2) is 0 Å². The smallest absolute Gasteiger partial charge is 0.407 e. The quantitative estimate of drug-likeness (QED) is 0.809. The van der Waals surface area contributed by atoms with Gasteiger partial charge in [-0.25, -0.2) is 13.6 Å². The summed E-state index contributed by atoms with van der Waals surface area (Å²) in [7, 11) is 0. The Labute approximate surface area is 144 Å². The third-order valence-corrected chi connectivity index (χ3v) is 3.04. The second-order valence-corrected chi connectivity index (χ2v) is 5.21. The molecule has 0 bridgehead atoms. The first-order valence-electron chi connectivity index (χ1n) is 7.77. The molecule has 1 N–H and O–H groups in total. The highest BCUT2D eigenvalue weighted by Crippen LogP contribution is 2.25. The summed E-state index contributed by atoms with van der Waals surface area (Å²) in [6.45, 7) is 4.12. The maximum absolute atomic E-state index is 13.1. The molecule has 2 rings (SSSR count). The molecule has 0 aromatic heterocycles. The summed E-state index contributed by atoms with van der Waals surface area (Å²) >= 11 is 0. The SMILES string of the molecule is CCOC(=O)NCC(C)Oc1ccc(Oc2cc(F)cc(F)c2)cc1. The van der Waals surface area contributed by atoms with E-state index >= 15 is 0 Å². The molecule has 7 heteroatoms. The molecule has 0 aliphatic heterocycles. The number of halogens is 2. The summed E-state index contributed by atoms with van der Waals surface area (Å²) in [6, 6.07) is 9.51. The van der Waals surface area contributed by atoms with Gasteiger partial charge in [0.2, 0.25) is 0 Å². The fourth-order valence-corrected chi connectivity index (χ4v) is 1.99. The Bertz CT molecular complexity index is 686. The van der Waals surface area contributed by atoms with Crippen molar-refractivity contribution in [2.24, 2.45) is 0 Å². The Hall–Kier alpha value is -2.83. The molecular formula is C18H19F2NO4. The van der Waals surface area contributed by atoms with Crippen LogP contribution in [0, 0.1) is 11.6 Å². The van der Waals surface area contributed by atoms with Gasteiger partial charge in [0.1, 0.15) is 35.0 Å². The van der Waals surface area contributed by atoms with Crippen LogP contribution in [0.1, 0.15) is 13.8 Å². The van der Waals surface area contributed by atoms with E-state index in [0.29, 0.717) is 24.7 Å². The number of ether oxygens (including phenoxy) is 3. The molecule has 25 heavy (non-hydrogen) atoms. The van der Waals surface area contributed by atoms with Crippen molar-refractivity contribution >= 4 is 6.09 Å². The van der Waals surface area contributed by atoms with Crippen molar-refractivity contribution in [2.75, 3.05) is 13.2 Å². The highest BCUT2D eigenvalue weighted by molar-refractivity contribution is 5.67. The van der Waals surface area contributed by atoms with Crippen LogP contribution in [0.4, 0.5) is 13.6 Å². The van der Waals surface area contributed by atoms with Crippen LogP contribution in [0.3, 0.4) is 0 Å². The Morgan fingerprint density at radius 2 is 1.64 bits per heavy atom. The van der Waals surface area contributed by atoms with E-state index in [4.69, 9.17) is 14.2 Å². The summed E-state index contributed by atoms with van der Waals surface area (Å²) in [5.41, 5.74) is 0. The van der Waals surface area contributed by atoms with Gasteiger partial charge in [-0.2, -0.15) is 0 Å². The predicted octanol–water partition coefficient (Wildman–Crippen LogP) is 4.27.